The van der Waals surface area contributed by atoms with Crippen LogP contribution in [0.4, 0.5) is 13.2 Å². The number of hydrogen-bond acceptors (Lipinski definition) is 6. The lowest BCUT2D eigenvalue weighted by atomic mass is 9.55. The second-order valence-corrected chi connectivity index (χ2v) is 9.37. The molecule has 182 valence electrons. The van der Waals surface area contributed by atoms with E-state index in [0.29, 0.717) is 18.2 Å². The standard InChI is InChI=1S/C21H22ClN3O2.C2HF3O2/c1-20-4-5-26-11-18(20)21(12-27-19(23)25-21)17-7-13(2-3-14(17)8-20)15-6-16(22)10-24-9-15;3-2(4,5)1(6)7/h2-3,6-7,9-10,18H,4-5,8,11-12H2,1H3,(H2,23,25);(H,6,7)/t18-,20+,21?;/m1./s1. The summed E-state index contributed by atoms with van der Waals surface area (Å²) in [5.74, 6) is -2.52. The summed E-state index contributed by atoms with van der Waals surface area (Å²) >= 11 is 6.15. The van der Waals surface area contributed by atoms with Gasteiger partial charge in [-0.2, -0.15) is 13.2 Å². The molecule has 3 N–H and O–H groups in total. The fourth-order valence-corrected chi connectivity index (χ4v) is 5.25. The maximum absolute atomic E-state index is 10.6. The number of halogens is 4. The van der Waals surface area contributed by atoms with Crippen molar-refractivity contribution in [1.29, 1.82) is 0 Å². The van der Waals surface area contributed by atoms with Crippen LogP contribution in [0.1, 0.15) is 24.5 Å². The molecular formula is C23H23ClF3N3O4. The van der Waals surface area contributed by atoms with Crippen molar-refractivity contribution in [2.75, 3.05) is 19.8 Å². The van der Waals surface area contributed by atoms with Gasteiger partial charge >= 0.3 is 12.1 Å². The summed E-state index contributed by atoms with van der Waals surface area (Å²) in [5, 5.41) is 7.75. The van der Waals surface area contributed by atoms with E-state index in [1.807, 2.05) is 12.3 Å². The van der Waals surface area contributed by atoms with Gasteiger partial charge in [0.25, 0.3) is 6.02 Å². The van der Waals surface area contributed by atoms with Crippen LogP contribution in [0.3, 0.4) is 0 Å². The first-order valence-corrected chi connectivity index (χ1v) is 10.9. The molecule has 7 nitrogen and oxygen atoms in total. The van der Waals surface area contributed by atoms with Crippen molar-refractivity contribution in [3.05, 3.63) is 52.8 Å². The van der Waals surface area contributed by atoms with Gasteiger partial charge in [-0.05, 0) is 47.1 Å². The Morgan fingerprint density at radius 1 is 1.26 bits per heavy atom. The van der Waals surface area contributed by atoms with Crippen LogP contribution in [-0.4, -0.2) is 48.1 Å². The molecule has 5 rings (SSSR count). The molecule has 0 radical (unpaired) electrons. The Balaban J connectivity index is 0.000000344. The average molecular weight is 498 g/mol. The summed E-state index contributed by atoms with van der Waals surface area (Å²) in [4.78, 5) is 18.0. The molecule has 3 aliphatic rings. The maximum atomic E-state index is 10.6. The number of amidine groups is 1. The SMILES string of the molecule is C[C@@]12CCOC[C@H]1C1(COC(N)=N1)c1cc(-c3cncc(Cl)c3)ccc1C2.O=C(O)C(F)(F)F. The van der Waals surface area contributed by atoms with Gasteiger partial charge in [-0.3, -0.25) is 4.98 Å². The summed E-state index contributed by atoms with van der Waals surface area (Å²) in [6.07, 6.45) is 0.432. The number of nitrogens with zero attached hydrogens (tertiary/aromatic N) is 2. The van der Waals surface area contributed by atoms with Crippen LogP contribution >= 0.6 is 11.6 Å². The second kappa shape index (κ2) is 8.74. The summed E-state index contributed by atoms with van der Waals surface area (Å²) in [6.45, 7) is 4.29. The van der Waals surface area contributed by atoms with E-state index in [-0.39, 0.29) is 17.4 Å². The molecule has 1 aromatic heterocycles. The molecular weight excluding hydrogens is 475 g/mol. The highest BCUT2D eigenvalue weighted by Crippen LogP contribution is 2.56. The Kier molecular flexibility index (Phi) is 6.24. The third-order valence-electron chi connectivity index (χ3n) is 6.72. The number of carboxylic acids is 1. The molecule has 3 heterocycles. The zero-order valence-electron chi connectivity index (χ0n) is 18.2. The van der Waals surface area contributed by atoms with Crippen LogP contribution in [0.2, 0.25) is 5.02 Å². The zero-order chi connectivity index (χ0) is 24.7. The minimum atomic E-state index is -5.08. The highest BCUT2D eigenvalue weighted by atomic mass is 35.5. The van der Waals surface area contributed by atoms with E-state index in [2.05, 4.69) is 30.1 Å². The van der Waals surface area contributed by atoms with E-state index in [4.69, 9.17) is 41.7 Å². The number of alkyl halides is 3. The number of fused-ring (bicyclic) bond motifs is 4. The number of ether oxygens (including phenoxy) is 2. The van der Waals surface area contributed by atoms with Gasteiger partial charge in [0.15, 0.2) is 0 Å². The number of carbonyl (C=O) groups is 1. The number of rotatable bonds is 1. The number of hydrogen-bond donors (Lipinski definition) is 2. The molecule has 3 atom stereocenters. The van der Waals surface area contributed by atoms with Crippen LogP contribution in [0, 0.1) is 11.3 Å². The van der Waals surface area contributed by atoms with E-state index in [9.17, 15) is 13.2 Å². The summed E-state index contributed by atoms with van der Waals surface area (Å²) in [5.41, 5.74) is 10.2. The number of benzene rings is 1. The molecule has 1 aromatic carbocycles. The first-order chi connectivity index (χ1) is 15.9. The lowest BCUT2D eigenvalue weighted by Crippen LogP contribution is -2.54. The van der Waals surface area contributed by atoms with Gasteiger partial charge in [0.1, 0.15) is 12.1 Å². The van der Waals surface area contributed by atoms with Crippen molar-refractivity contribution >= 4 is 23.6 Å². The molecule has 2 aliphatic heterocycles. The second-order valence-electron chi connectivity index (χ2n) is 8.94. The van der Waals surface area contributed by atoms with E-state index < -0.39 is 17.7 Å². The van der Waals surface area contributed by atoms with Crippen molar-refractivity contribution in [2.45, 2.75) is 31.5 Å². The number of aliphatic imine (C=N–C) groups is 1. The topological polar surface area (TPSA) is 107 Å². The van der Waals surface area contributed by atoms with Crippen LogP contribution in [0.5, 0.6) is 0 Å². The van der Waals surface area contributed by atoms with Crippen LogP contribution in [-0.2, 0) is 26.2 Å². The Morgan fingerprint density at radius 3 is 2.62 bits per heavy atom. The lowest BCUT2D eigenvalue weighted by Gasteiger charge is -2.52. The van der Waals surface area contributed by atoms with E-state index in [1.165, 1.54) is 11.1 Å². The van der Waals surface area contributed by atoms with Crippen molar-refractivity contribution in [3.63, 3.8) is 0 Å². The Hall–Kier alpha value is -2.85. The van der Waals surface area contributed by atoms with Gasteiger partial charge in [-0.1, -0.05) is 30.7 Å². The van der Waals surface area contributed by atoms with Crippen molar-refractivity contribution in [2.24, 2.45) is 22.1 Å². The highest BCUT2D eigenvalue weighted by Gasteiger charge is 2.58. The Labute approximate surface area is 198 Å². The van der Waals surface area contributed by atoms with Crippen LogP contribution in [0.15, 0.2) is 41.7 Å². The van der Waals surface area contributed by atoms with E-state index in [1.54, 1.807) is 6.20 Å². The van der Waals surface area contributed by atoms with Crippen LogP contribution < -0.4 is 5.73 Å². The molecule has 1 aliphatic carbocycles. The zero-order valence-corrected chi connectivity index (χ0v) is 19.0. The number of carboxylic acid groups (broad SMARTS) is 1. The van der Waals surface area contributed by atoms with Gasteiger partial charge in [-0.25, -0.2) is 9.79 Å². The van der Waals surface area contributed by atoms with E-state index in [0.717, 1.165) is 30.6 Å². The van der Waals surface area contributed by atoms with Gasteiger partial charge in [0, 0.05) is 30.5 Å². The normalized spacial score (nSPS) is 27.6. The third-order valence-corrected chi connectivity index (χ3v) is 6.93. The summed E-state index contributed by atoms with van der Waals surface area (Å²) in [7, 11) is 0. The van der Waals surface area contributed by atoms with Gasteiger partial charge in [0.2, 0.25) is 0 Å². The number of pyridine rings is 1. The minimum absolute atomic E-state index is 0.127. The molecule has 11 heteroatoms. The smallest absolute Gasteiger partial charge is 0.475 e. The predicted octanol–water partition coefficient (Wildman–Crippen LogP) is 4.17. The molecule has 2 aromatic rings. The number of aliphatic carboxylic acids is 1. The fourth-order valence-electron chi connectivity index (χ4n) is 5.08. The van der Waals surface area contributed by atoms with Gasteiger partial charge < -0.3 is 20.3 Å². The monoisotopic (exact) mass is 497 g/mol. The average Bonchev–Trinajstić information content (AvgIpc) is 3.15. The van der Waals surface area contributed by atoms with Crippen molar-refractivity contribution in [3.8, 4) is 11.1 Å². The molecule has 1 spiro atoms. The van der Waals surface area contributed by atoms with Crippen molar-refractivity contribution in [1.82, 2.24) is 4.98 Å². The summed E-state index contributed by atoms with van der Waals surface area (Å²) in [6, 6.07) is 8.77. The molecule has 0 bridgehead atoms. The molecule has 1 saturated heterocycles. The minimum Gasteiger partial charge on any atom is -0.475 e. The van der Waals surface area contributed by atoms with Gasteiger partial charge in [-0.15, -0.1) is 0 Å². The molecule has 0 saturated carbocycles. The highest BCUT2D eigenvalue weighted by molar-refractivity contribution is 6.30. The van der Waals surface area contributed by atoms with Crippen LogP contribution in [0.25, 0.3) is 11.1 Å². The fraction of sp³-hybridized carbons (Fsp3) is 0.435. The molecule has 34 heavy (non-hydrogen) atoms. The number of nitrogens with two attached hydrogens (primary N) is 1. The largest absolute Gasteiger partial charge is 0.490 e. The predicted molar refractivity (Wildman–Crippen MR) is 118 cm³/mol. The molecule has 0 amide bonds. The molecule has 1 unspecified atom stereocenters. The Morgan fingerprint density at radius 2 is 2.00 bits per heavy atom. The lowest BCUT2D eigenvalue weighted by molar-refractivity contribution is -0.192. The molecule has 1 fully saturated rings. The van der Waals surface area contributed by atoms with Gasteiger partial charge in [0.05, 0.1) is 11.6 Å². The number of aromatic nitrogens is 1. The third kappa shape index (κ3) is 4.44. The summed E-state index contributed by atoms with van der Waals surface area (Å²) < 4.78 is 43.3. The quantitative estimate of drug-likeness (QED) is 0.612. The maximum Gasteiger partial charge on any atom is 0.490 e. The van der Waals surface area contributed by atoms with E-state index >= 15 is 0 Å². The first-order valence-electron chi connectivity index (χ1n) is 10.5. The Bertz CT molecular complexity index is 1140. The van der Waals surface area contributed by atoms with Crippen molar-refractivity contribution < 1.29 is 32.5 Å². The first kappa shape index (κ1) is 24.3.